The number of benzene rings is 1. The highest BCUT2D eigenvalue weighted by Gasteiger charge is 2.10. The van der Waals surface area contributed by atoms with E-state index in [1.165, 1.54) is 18.3 Å². The summed E-state index contributed by atoms with van der Waals surface area (Å²) < 4.78 is 1.92. The largest absolute Gasteiger partial charge is 0.334 e. The molecule has 4 aromatic rings. The van der Waals surface area contributed by atoms with E-state index in [2.05, 4.69) is 25.3 Å². The average Bonchev–Trinajstić information content (AvgIpc) is 3.13. The summed E-state index contributed by atoms with van der Waals surface area (Å²) in [5.74, 6) is -0.221. The fraction of sp³-hybridized carbons (Fsp3) is 0.0526. The molecule has 4 rings (SSSR count). The minimum Gasteiger partial charge on any atom is -0.334 e. The Bertz CT molecular complexity index is 1210. The molecule has 0 unspecified atom stereocenters. The van der Waals surface area contributed by atoms with Gasteiger partial charge in [0, 0.05) is 36.0 Å². The molecule has 0 aliphatic carbocycles. The van der Waals surface area contributed by atoms with Gasteiger partial charge in [-0.15, -0.1) is 0 Å². The van der Waals surface area contributed by atoms with Crippen LogP contribution >= 0.6 is 0 Å². The Kier molecular flexibility index (Phi) is 4.03. The molecule has 1 amide bonds. The summed E-state index contributed by atoms with van der Waals surface area (Å²) in [7, 11) is 1.92. The van der Waals surface area contributed by atoms with Gasteiger partial charge < -0.3 is 4.57 Å². The second-order valence-corrected chi connectivity index (χ2v) is 5.85. The third-order valence-electron chi connectivity index (χ3n) is 4.06. The molecule has 0 aliphatic rings. The first-order valence-corrected chi connectivity index (χ1v) is 8.05. The molecular weight excluding hydrogens is 342 g/mol. The van der Waals surface area contributed by atoms with Gasteiger partial charge in [-0.3, -0.25) is 10.1 Å². The lowest BCUT2D eigenvalue weighted by atomic mass is 10.1. The van der Waals surface area contributed by atoms with E-state index < -0.39 is 5.91 Å². The van der Waals surface area contributed by atoms with Gasteiger partial charge in [-0.05, 0) is 18.2 Å². The maximum Gasteiger partial charge on any atom is 0.258 e. The SMILES string of the molecule is Cn1cncc1-c1ccc2cnc(NC(=O)c3ccnc(C#N)c3)nc2c1. The van der Waals surface area contributed by atoms with Crippen LogP contribution in [0.4, 0.5) is 5.95 Å². The maximum absolute atomic E-state index is 12.4. The molecule has 0 spiro atoms. The number of amides is 1. The summed E-state index contributed by atoms with van der Waals surface area (Å²) in [5, 5.41) is 12.4. The molecule has 130 valence electrons. The van der Waals surface area contributed by atoms with Crippen LogP contribution in [0.5, 0.6) is 0 Å². The molecule has 27 heavy (non-hydrogen) atoms. The Hall–Kier alpha value is -4.12. The first kappa shape index (κ1) is 16.4. The predicted molar refractivity (Wildman–Crippen MR) is 98.6 cm³/mol. The average molecular weight is 355 g/mol. The van der Waals surface area contributed by atoms with Crippen LogP contribution in [-0.2, 0) is 7.05 Å². The summed E-state index contributed by atoms with van der Waals surface area (Å²) in [5.41, 5.74) is 3.11. The van der Waals surface area contributed by atoms with E-state index in [0.717, 1.165) is 16.6 Å². The zero-order valence-electron chi connectivity index (χ0n) is 14.3. The fourth-order valence-corrected chi connectivity index (χ4v) is 2.68. The monoisotopic (exact) mass is 355 g/mol. The summed E-state index contributed by atoms with van der Waals surface area (Å²) in [6.07, 6.45) is 6.57. The highest BCUT2D eigenvalue weighted by Crippen LogP contribution is 2.23. The van der Waals surface area contributed by atoms with E-state index in [9.17, 15) is 4.79 Å². The molecule has 3 aromatic heterocycles. The number of hydrogen-bond donors (Lipinski definition) is 1. The van der Waals surface area contributed by atoms with Crippen molar-refractivity contribution in [1.82, 2.24) is 24.5 Å². The minimum absolute atomic E-state index is 0.169. The van der Waals surface area contributed by atoms with Crippen LogP contribution in [0, 0.1) is 11.3 Å². The zero-order valence-corrected chi connectivity index (χ0v) is 14.3. The van der Waals surface area contributed by atoms with Crippen molar-refractivity contribution < 1.29 is 4.79 Å². The molecule has 0 saturated heterocycles. The number of fused-ring (bicyclic) bond motifs is 1. The van der Waals surface area contributed by atoms with Gasteiger partial charge in [0.1, 0.15) is 11.8 Å². The van der Waals surface area contributed by atoms with Crippen molar-refractivity contribution in [3.63, 3.8) is 0 Å². The molecule has 8 nitrogen and oxygen atoms in total. The number of pyridine rings is 1. The summed E-state index contributed by atoms with van der Waals surface area (Å²) in [4.78, 5) is 29.0. The Labute approximate surface area is 154 Å². The summed E-state index contributed by atoms with van der Waals surface area (Å²) in [6.45, 7) is 0. The Balaban J connectivity index is 1.65. The Morgan fingerprint density at radius 3 is 2.85 bits per heavy atom. The number of hydrogen-bond acceptors (Lipinski definition) is 6. The molecule has 0 saturated carbocycles. The van der Waals surface area contributed by atoms with Gasteiger partial charge >= 0.3 is 0 Å². The molecular formula is C19H13N7O. The van der Waals surface area contributed by atoms with Crippen molar-refractivity contribution in [2.75, 3.05) is 5.32 Å². The maximum atomic E-state index is 12.4. The highest BCUT2D eigenvalue weighted by molar-refractivity contribution is 6.03. The number of nitriles is 1. The second kappa shape index (κ2) is 6.65. The predicted octanol–water partition coefficient (Wildman–Crippen LogP) is 2.55. The third kappa shape index (κ3) is 3.21. The van der Waals surface area contributed by atoms with Crippen molar-refractivity contribution in [1.29, 1.82) is 5.26 Å². The number of anilines is 1. The van der Waals surface area contributed by atoms with E-state index >= 15 is 0 Å². The van der Waals surface area contributed by atoms with Crippen LogP contribution < -0.4 is 5.32 Å². The lowest BCUT2D eigenvalue weighted by molar-refractivity contribution is 0.102. The molecule has 0 fully saturated rings. The van der Waals surface area contributed by atoms with E-state index in [1.54, 1.807) is 18.7 Å². The minimum atomic E-state index is -0.406. The number of aromatic nitrogens is 5. The van der Waals surface area contributed by atoms with Gasteiger partial charge in [-0.1, -0.05) is 12.1 Å². The highest BCUT2D eigenvalue weighted by atomic mass is 16.1. The molecule has 0 aliphatic heterocycles. The Morgan fingerprint density at radius 2 is 2.07 bits per heavy atom. The standard InChI is InChI=1S/C19H13N7O/c1-26-11-21-10-17(26)12-2-3-14-9-23-19(24-16(14)7-12)25-18(27)13-4-5-22-15(6-13)8-20/h2-7,9-11H,1H3,(H,23,24,25,27). The Morgan fingerprint density at radius 1 is 1.19 bits per heavy atom. The van der Waals surface area contributed by atoms with Gasteiger partial charge in [0.15, 0.2) is 0 Å². The van der Waals surface area contributed by atoms with Crippen LogP contribution in [0.15, 0.2) is 55.2 Å². The summed E-state index contributed by atoms with van der Waals surface area (Å²) >= 11 is 0. The van der Waals surface area contributed by atoms with E-state index in [-0.39, 0.29) is 11.6 Å². The molecule has 8 heteroatoms. The van der Waals surface area contributed by atoms with Crippen molar-refractivity contribution in [2.24, 2.45) is 7.05 Å². The fourth-order valence-electron chi connectivity index (χ4n) is 2.68. The van der Waals surface area contributed by atoms with Crippen LogP contribution in [0.25, 0.3) is 22.2 Å². The topological polar surface area (TPSA) is 109 Å². The number of carbonyl (C=O) groups is 1. The number of rotatable bonds is 3. The number of aryl methyl sites for hydroxylation is 1. The van der Waals surface area contributed by atoms with Crippen LogP contribution in [-0.4, -0.2) is 30.4 Å². The first-order chi connectivity index (χ1) is 13.1. The number of nitrogens with one attached hydrogen (secondary N) is 1. The number of nitrogens with zero attached hydrogens (tertiary/aromatic N) is 6. The lowest BCUT2D eigenvalue weighted by Gasteiger charge is -2.07. The van der Waals surface area contributed by atoms with Crippen molar-refractivity contribution in [3.05, 3.63) is 66.5 Å². The van der Waals surface area contributed by atoms with Crippen molar-refractivity contribution in [3.8, 4) is 17.3 Å². The normalized spacial score (nSPS) is 10.5. The quantitative estimate of drug-likeness (QED) is 0.605. The van der Waals surface area contributed by atoms with Crippen LogP contribution in [0.1, 0.15) is 16.1 Å². The van der Waals surface area contributed by atoms with Gasteiger partial charge in [0.05, 0.1) is 23.7 Å². The molecule has 0 atom stereocenters. The molecule has 1 aromatic carbocycles. The van der Waals surface area contributed by atoms with E-state index in [4.69, 9.17) is 5.26 Å². The lowest BCUT2D eigenvalue weighted by Crippen LogP contribution is -2.14. The van der Waals surface area contributed by atoms with Crippen LogP contribution in [0.3, 0.4) is 0 Å². The number of carbonyl (C=O) groups excluding carboxylic acids is 1. The van der Waals surface area contributed by atoms with Gasteiger partial charge in [-0.25, -0.2) is 19.9 Å². The zero-order chi connectivity index (χ0) is 18.8. The van der Waals surface area contributed by atoms with Gasteiger partial charge in [0.25, 0.3) is 5.91 Å². The summed E-state index contributed by atoms with van der Waals surface area (Å²) in [6, 6.07) is 10.7. The van der Waals surface area contributed by atoms with E-state index in [1.807, 2.05) is 35.9 Å². The van der Waals surface area contributed by atoms with Crippen molar-refractivity contribution >= 4 is 22.8 Å². The van der Waals surface area contributed by atoms with Crippen LogP contribution in [0.2, 0.25) is 0 Å². The number of imidazole rings is 1. The van der Waals surface area contributed by atoms with E-state index in [0.29, 0.717) is 11.1 Å². The van der Waals surface area contributed by atoms with Crippen molar-refractivity contribution in [2.45, 2.75) is 0 Å². The second-order valence-electron chi connectivity index (χ2n) is 5.85. The first-order valence-electron chi connectivity index (χ1n) is 8.05. The molecule has 0 bridgehead atoms. The van der Waals surface area contributed by atoms with Gasteiger partial charge in [0.2, 0.25) is 5.95 Å². The molecule has 1 N–H and O–H groups in total. The molecule has 0 radical (unpaired) electrons. The third-order valence-corrected chi connectivity index (χ3v) is 4.06. The van der Waals surface area contributed by atoms with Gasteiger partial charge in [-0.2, -0.15) is 5.26 Å². The molecule has 3 heterocycles. The smallest absolute Gasteiger partial charge is 0.258 e.